The van der Waals surface area contributed by atoms with Crippen LogP contribution in [0.5, 0.6) is 0 Å². The number of hydrogen-bond donors (Lipinski definition) is 2. The maximum absolute atomic E-state index is 12.5. The summed E-state index contributed by atoms with van der Waals surface area (Å²) in [5, 5.41) is 3.02. The number of amides is 2. The van der Waals surface area contributed by atoms with E-state index in [4.69, 9.17) is 10.2 Å². The molecule has 1 aliphatic rings. The molecule has 0 spiro atoms. The molecule has 0 saturated carbocycles. The molecule has 1 aromatic heterocycles. The summed E-state index contributed by atoms with van der Waals surface area (Å²) in [6.45, 7) is 6.85. The molecule has 6 nitrogen and oxygen atoms in total. The van der Waals surface area contributed by atoms with Gasteiger partial charge in [-0.3, -0.25) is 9.59 Å². The summed E-state index contributed by atoms with van der Waals surface area (Å²) in [7, 11) is 0. The van der Waals surface area contributed by atoms with Gasteiger partial charge in [-0.1, -0.05) is 13.3 Å². The van der Waals surface area contributed by atoms with E-state index in [1.807, 2.05) is 11.8 Å². The molecule has 6 heteroatoms. The number of nitrogens with two attached hydrogens (primary N) is 1. The molecule has 0 aliphatic carbocycles. The van der Waals surface area contributed by atoms with Gasteiger partial charge in [-0.15, -0.1) is 0 Å². The Balaban J connectivity index is 1.86. The van der Waals surface area contributed by atoms with Gasteiger partial charge in [0.2, 0.25) is 5.91 Å². The Morgan fingerprint density at radius 3 is 2.61 bits per heavy atom. The molecule has 23 heavy (non-hydrogen) atoms. The maximum Gasteiger partial charge on any atom is 0.255 e. The van der Waals surface area contributed by atoms with Crippen molar-refractivity contribution < 1.29 is 14.0 Å². The van der Waals surface area contributed by atoms with Gasteiger partial charge in [0.1, 0.15) is 5.76 Å². The lowest BCUT2D eigenvalue weighted by Gasteiger charge is -2.37. The number of nitrogens with zero attached hydrogens (tertiary/aromatic N) is 1. The van der Waals surface area contributed by atoms with E-state index in [9.17, 15) is 9.59 Å². The Bertz CT molecular complexity index is 557. The Hall–Kier alpha value is -1.82. The van der Waals surface area contributed by atoms with Gasteiger partial charge in [-0.25, -0.2) is 0 Å². The quantitative estimate of drug-likeness (QED) is 0.866. The third-order valence-corrected chi connectivity index (χ3v) is 4.48. The third kappa shape index (κ3) is 4.13. The van der Waals surface area contributed by atoms with Crippen molar-refractivity contribution in [3.63, 3.8) is 0 Å². The van der Waals surface area contributed by atoms with Crippen LogP contribution in [0.25, 0.3) is 0 Å². The average molecular weight is 321 g/mol. The lowest BCUT2D eigenvalue weighted by molar-refractivity contribution is -0.137. The number of furan rings is 1. The third-order valence-electron chi connectivity index (χ3n) is 4.48. The van der Waals surface area contributed by atoms with Crippen LogP contribution in [0.15, 0.2) is 16.7 Å². The summed E-state index contributed by atoms with van der Waals surface area (Å²) in [6.07, 6.45) is 4.58. The molecule has 128 valence electrons. The van der Waals surface area contributed by atoms with E-state index in [1.54, 1.807) is 19.9 Å². The molecule has 1 atom stereocenters. The first kappa shape index (κ1) is 17.5. The van der Waals surface area contributed by atoms with Crippen molar-refractivity contribution >= 4 is 11.8 Å². The summed E-state index contributed by atoms with van der Waals surface area (Å²) in [4.78, 5) is 26.5. The number of nitrogens with one attached hydrogen (secondary N) is 1. The molecule has 2 amide bonds. The minimum atomic E-state index is -0.793. The Kier molecular flexibility index (Phi) is 5.46. The standard InChI is InChI=1S/C17H27N3O3/c1-4-8-17(3,18)16(22)20-9-5-13(6-10-20)19-15(21)14-7-11-23-12(14)2/h7,11,13H,4-6,8-10,18H2,1-3H3,(H,19,21). The molecule has 1 aromatic rings. The van der Waals surface area contributed by atoms with Crippen LogP contribution in [0.4, 0.5) is 0 Å². The van der Waals surface area contributed by atoms with Crippen LogP contribution in [0.1, 0.15) is 55.6 Å². The van der Waals surface area contributed by atoms with Crippen LogP contribution in [-0.4, -0.2) is 41.4 Å². The van der Waals surface area contributed by atoms with Crippen LogP contribution < -0.4 is 11.1 Å². The lowest BCUT2D eigenvalue weighted by Crippen LogP contribution is -2.56. The molecule has 2 heterocycles. The van der Waals surface area contributed by atoms with E-state index in [-0.39, 0.29) is 17.9 Å². The van der Waals surface area contributed by atoms with Gasteiger partial charge in [0.05, 0.1) is 17.4 Å². The van der Waals surface area contributed by atoms with E-state index in [0.29, 0.717) is 30.8 Å². The van der Waals surface area contributed by atoms with Crippen molar-refractivity contribution in [2.75, 3.05) is 13.1 Å². The van der Waals surface area contributed by atoms with Crippen molar-refractivity contribution in [2.45, 2.75) is 58.0 Å². The highest BCUT2D eigenvalue weighted by Gasteiger charge is 2.34. The summed E-state index contributed by atoms with van der Waals surface area (Å²) >= 11 is 0. The second-order valence-corrected chi connectivity index (χ2v) is 6.60. The molecule has 1 saturated heterocycles. The SMILES string of the molecule is CCCC(C)(N)C(=O)N1CCC(NC(=O)c2ccoc2C)CC1. The predicted molar refractivity (Wildman–Crippen MR) is 88.0 cm³/mol. The first-order valence-electron chi connectivity index (χ1n) is 8.28. The van der Waals surface area contributed by atoms with Crippen molar-refractivity contribution in [2.24, 2.45) is 5.73 Å². The van der Waals surface area contributed by atoms with Gasteiger partial charge < -0.3 is 20.4 Å². The largest absolute Gasteiger partial charge is 0.469 e. The highest BCUT2D eigenvalue weighted by atomic mass is 16.3. The molecule has 1 fully saturated rings. The maximum atomic E-state index is 12.5. The number of piperidine rings is 1. The lowest BCUT2D eigenvalue weighted by atomic mass is 9.94. The molecule has 0 aromatic carbocycles. The molecule has 0 bridgehead atoms. The summed E-state index contributed by atoms with van der Waals surface area (Å²) in [5.41, 5.74) is 5.90. The van der Waals surface area contributed by atoms with Crippen molar-refractivity contribution in [3.05, 3.63) is 23.7 Å². The fourth-order valence-electron chi connectivity index (χ4n) is 3.10. The van der Waals surface area contributed by atoms with Gasteiger partial charge >= 0.3 is 0 Å². The zero-order chi connectivity index (χ0) is 17.0. The van der Waals surface area contributed by atoms with E-state index in [2.05, 4.69) is 5.32 Å². The Labute approximate surface area is 137 Å². The number of rotatable bonds is 5. The summed E-state index contributed by atoms with van der Waals surface area (Å²) < 4.78 is 5.16. The van der Waals surface area contributed by atoms with Gasteiger partial charge in [0.15, 0.2) is 0 Å². The topological polar surface area (TPSA) is 88.6 Å². The van der Waals surface area contributed by atoms with Gasteiger partial charge in [-0.05, 0) is 39.2 Å². The van der Waals surface area contributed by atoms with Gasteiger partial charge in [-0.2, -0.15) is 0 Å². The molecule has 0 radical (unpaired) electrons. The number of carbonyl (C=O) groups excluding carboxylic acids is 2. The van der Waals surface area contributed by atoms with Gasteiger partial charge in [0, 0.05) is 19.1 Å². The Morgan fingerprint density at radius 2 is 2.09 bits per heavy atom. The highest BCUT2D eigenvalue weighted by molar-refractivity contribution is 5.95. The normalized spacial score (nSPS) is 18.5. The molecule has 3 N–H and O–H groups in total. The minimum Gasteiger partial charge on any atom is -0.469 e. The van der Waals surface area contributed by atoms with Crippen molar-refractivity contribution in [3.8, 4) is 0 Å². The highest BCUT2D eigenvalue weighted by Crippen LogP contribution is 2.18. The predicted octanol–water partition coefficient (Wildman–Crippen LogP) is 1.83. The zero-order valence-corrected chi connectivity index (χ0v) is 14.2. The second-order valence-electron chi connectivity index (χ2n) is 6.60. The van der Waals surface area contributed by atoms with Crippen molar-refractivity contribution in [1.29, 1.82) is 0 Å². The van der Waals surface area contributed by atoms with Gasteiger partial charge in [0.25, 0.3) is 5.91 Å². The van der Waals surface area contributed by atoms with Crippen LogP contribution in [-0.2, 0) is 4.79 Å². The van der Waals surface area contributed by atoms with Crippen LogP contribution in [0.3, 0.4) is 0 Å². The van der Waals surface area contributed by atoms with Crippen molar-refractivity contribution in [1.82, 2.24) is 10.2 Å². The summed E-state index contributed by atoms with van der Waals surface area (Å²) in [5.74, 6) is 0.513. The van der Waals surface area contributed by atoms with E-state index in [1.165, 1.54) is 6.26 Å². The van der Waals surface area contributed by atoms with Crippen LogP contribution >= 0.6 is 0 Å². The first-order valence-corrected chi connectivity index (χ1v) is 8.28. The monoisotopic (exact) mass is 321 g/mol. The first-order chi connectivity index (χ1) is 10.8. The fourth-order valence-corrected chi connectivity index (χ4v) is 3.10. The van der Waals surface area contributed by atoms with E-state index < -0.39 is 5.54 Å². The Morgan fingerprint density at radius 1 is 1.43 bits per heavy atom. The number of carbonyl (C=O) groups is 2. The van der Waals surface area contributed by atoms with E-state index in [0.717, 1.165) is 19.3 Å². The van der Waals surface area contributed by atoms with E-state index >= 15 is 0 Å². The molecule has 1 aliphatic heterocycles. The number of hydrogen-bond acceptors (Lipinski definition) is 4. The number of aryl methyl sites for hydroxylation is 1. The zero-order valence-electron chi connectivity index (χ0n) is 14.2. The number of likely N-dealkylation sites (tertiary alicyclic amines) is 1. The molecule has 1 unspecified atom stereocenters. The average Bonchev–Trinajstić information content (AvgIpc) is 2.93. The summed E-state index contributed by atoms with van der Waals surface area (Å²) in [6, 6.07) is 1.75. The molecule has 2 rings (SSSR count). The molecular weight excluding hydrogens is 294 g/mol. The fraction of sp³-hybridized carbons (Fsp3) is 0.647. The molecular formula is C17H27N3O3. The smallest absolute Gasteiger partial charge is 0.255 e. The minimum absolute atomic E-state index is 0.00908. The van der Waals surface area contributed by atoms with Crippen LogP contribution in [0.2, 0.25) is 0 Å². The second kappa shape index (κ2) is 7.17. The van der Waals surface area contributed by atoms with Crippen LogP contribution in [0, 0.1) is 6.92 Å².